The van der Waals surface area contributed by atoms with Crippen molar-refractivity contribution in [3.05, 3.63) is 48.2 Å². The summed E-state index contributed by atoms with van der Waals surface area (Å²) in [5.74, 6) is 0.765. The lowest BCUT2D eigenvalue weighted by molar-refractivity contribution is 0.313. The fraction of sp³-hybridized carbons (Fsp3) is 0.273. The van der Waals surface area contributed by atoms with Crippen LogP contribution in [-0.4, -0.2) is 53.1 Å². The zero-order valence-corrected chi connectivity index (χ0v) is 16.2. The first kappa shape index (κ1) is 17.0. The lowest BCUT2D eigenvalue weighted by Crippen LogP contribution is -2.44. The van der Waals surface area contributed by atoms with E-state index >= 15 is 0 Å². The Morgan fingerprint density at radius 2 is 1.86 bits per heavy atom. The number of nitrogens with zero attached hydrogens (tertiary/aromatic N) is 4. The van der Waals surface area contributed by atoms with Crippen molar-refractivity contribution in [2.75, 3.05) is 43.9 Å². The summed E-state index contributed by atoms with van der Waals surface area (Å²) in [5, 5.41) is 0.999. The van der Waals surface area contributed by atoms with E-state index in [1.807, 2.05) is 18.3 Å². The van der Waals surface area contributed by atoms with E-state index in [2.05, 4.69) is 58.0 Å². The fourth-order valence-electron chi connectivity index (χ4n) is 4.02. The van der Waals surface area contributed by atoms with Crippen molar-refractivity contribution in [2.24, 2.45) is 0 Å². The maximum absolute atomic E-state index is 6.52. The SMILES string of the molecule is Cc1cccc2ncc(-c3nc4ccc(N5CCN(C)CC5)cc4[nH]3)c(N)c12. The van der Waals surface area contributed by atoms with Crippen molar-refractivity contribution in [2.45, 2.75) is 6.92 Å². The van der Waals surface area contributed by atoms with Crippen molar-refractivity contribution in [1.82, 2.24) is 19.9 Å². The number of imidazole rings is 1. The minimum absolute atomic E-state index is 0.724. The molecule has 0 radical (unpaired) electrons. The van der Waals surface area contributed by atoms with Crippen molar-refractivity contribution >= 4 is 33.3 Å². The van der Waals surface area contributed by atoms with Gasteiger partial charge in [-0.05, 0) is 43.8 Å². The van der Waals surface area contributed by atoms with Crippen LogP contribution in [0, 0.1) is 6.92 Å². The Morgan fingerprint density at radius 1 is 1.04 bits per heavy atom. The maximum atomic E-state index is 6.52. The number of fused-ring (bicyclic) bond motifs is 2. The third kappa shape index (κ3) is 2.77. The molecule has 0 atom stereocenters. The molecule has 1 aliphatic rings. The van der Waals surface area contributed by atoms with E-state index < -0.39 is 0 Å². The molecule has 142 valence electrons. The van der Waals surface area contributed by atoms with Gasteiger partial charge in [0.1, 0.15) is 5.82 Å². The fourth-order valence-corrected chi connectivity index (χ4v) is 4.02. The number of hydrogen-bond donors (Lipinski definition) is 2. The number of nitrogens with one attached hydrogen (secondary N) is 1. The van der Waals surface area contributed by atoms with Crippen LogP contribution in [0.25, 0.3) is 33.3 Å². The van der Waals surface area contributed by atoms with E-state index in [1.54, 1.807) is 0 Å². The number of pyridine rings is 1. The van der Waals surface area contributed by atoms with Gasteiger partial charge in [0, 0.05) is 43.4 Å². The zero-order valence-electron chi connectivity index (χ0n) is 16.2. The van der Waals surface area contributed by atoms with Crippen molar-refractivity contribution < 1.29 is 0 Å². The second-order valence-corrected chi connectivity index (χ2v) is 7.63. The van der Waals surface area contributed by atoms with Crippen LogP contribution in [-0.2, 0) is 0 Å². The van der Waals surface area contributed by atoms with E-state index in [-0.39, 0.29) is 0 Å². The number of rotatable bonds is 2. The summed E-state index contributed by atoms with van der Waals surface area (Å²) in [6, 6.07) is 12.5. The quantitative estimate of drug-likeness (QED) is 0.564. The van der Waals surface area contributed by atoms with Gasteiger partial charge in [-0.2, -0.15) is 0 Å². The lowest BCUT2D eigenvalue weighted by atomic mass is 10.0. The predicted molar refractivity (Wildman–Crippen MR) is 116 cm³/mol. The molecule has 2 aromatic heterocycles. The molecule has 0 spiro atoms. The van der Waals surface area contributed by atoms with E-state index in [0.29, 0.717) is 0 Å². The molecule has 0 bridgehead atoms. The van der Waals surface area contributed by atoms with E-state index in [9.17, 15) is 0 Å². The first-order valence-corrected chi connectivity index (χ1v) is 9.67. The molecule has 4 aromatic rings. The molecule has 0 unspecified atom stereocenters. The first-order valence-electron chi connectivity index (χ1n) is 9.67. The summed E-state index contributed by atoms with van der Waals surface area (Å²) in [6.07, 6.45) is 1.82. The van der Waals surface area contributed by atoms with Gasteiger partial charge >= 0.3 is 0 Å². The highest BCUT2D eigenvalue weighted by molar-refractivity contribution is 5.99. The minimum Gasteiger partial charge on any atom is -0.398 e. The number of nitrogen functional groups attached to an aromatic ring is 1. The number of aryl methyl sites for hydroxylation is 1. The summed E-state index contributed by atoms with van der Waals surface area (Å²) in [7, 11) is 2.17. The van der Waals surface area contributed by atoms with E-state index in [4.69, 9.17) is 10.7 Å². The highest BCUT2D eigenvalue weighted by atomic mass is 15.2. The van der Waals surface area contributed by atoms with Gasteiger partial charge in [-0.3, -0.25) is 4.98 Å². The summed E-state index contributed by atoms with van der Waals surface area (Å²) >= 11 is 0. The first-order chi connectivity index (χ1) is 13.6. The van der Waals surface area contributed by atoms with Crippen LogP contribution in [0.3, 0.4) is 0 Å². The van der Waals surface area contributed by atoms with Crippen LogP contribution in [0.15, 0.2) is 42.6 Å². The Hall–Kier alpha value is -3.12. The molecule has 5 rings (SSSR count). The molecule has 28 heavy (non-hydrogen) atoms. The smallest absolute Gasteiger partial charge is 0.142 e. The second kappa shape index (κ2) is 6.49. The third-order valence-corrected chi connectivity index (χ3v) is 5.73. The summed E-state index contributed by atoms with van der Waals surface area (Å²) < 4.78 is 0. The average molecular weight is 372 g/mol. The third-order valence-electron chi connectivity index (χ3n) is 5.73. The molecule has 1 saturated heterocycles. The second-order valence-electron chi connectivity index (χ2n) is 7.63. The molecule has 1 fully saturated rings. The number of H-pyrrole nitrogens is 1. The van der Waals surface area contributed by atoms with Crippen LogP contribution in [0.1, 0.15) is 5.56 Å². The van der Waals surface area contributed by atoms with Gasteiger partial charge in [-0.1, -0.05) is 12.1 Å². The van der Waals surface area contributed by atoms with Crippen LogP contribution >= 0.6 is 0 Å². The molecule has 3 heterocycles. The number of benzene rings is 2. The van der Waals surface area contributed by atoms with Gasteiger partial charge in [0.2, 0.25) is 0 Å². The minimum atomic E-state index is 0.724. The van der Waals surface area contributed by atoms with Gasteiger partial charge in [0.25, 0.3) is 0 Å². The Labute approximate surface area is 164 Å². The molecular formula is C22H24N6. The highest BCUT2D eigenvalue weighted by Crippen LogP contribution is 2.33. The molecule has 3 N–H and O–H groups in total. The zero-order chi connectivity index (χ0) is 19.3. The topological polar surface area (TPSA) is 74.1 Å². The average Bonchev–Trinajstić information content (AvgIpc) is 3.12. The maximum Gasteiger partial charge on any atom is 0.142 e. The number of likely N-dealkylation sites (N-methyl/N-ethyl adjacent to an activating group) is 1. The number of anilines is 2. The number of hydrogen-bond acceptors (Lipinski definition) is 5. The van der Waals surface area contributed by atoms with Gasteiger partial charge in [-0.25, -0.2) is 4.98 Å². The number of aromatic nitrogens is 3. The molecule has 0 saturated carbocycles. The Balaban J connectivity index is 1.56. The molecule has 1 aliphatic heterocycles. The standard InChI is InChI=1S/C22H24N6/c1-14-4-3-5-18-20(14)21(23)16(13-24-18)22-25-17-7-6-15(12-19(17)26-22)28-10-8-27(2)9-11-28/h3-7,12-13H,8-11H2,1-2H3,(H2,23,24)(H,25,26). The molecule has 6 heteroatoms. The molecule has 0 amide bonds. The normalized spacial score (nSPS) is 15.6. The number of nitrogens with two attached hydrogens (primary N) is 1. The largest absolute Gasteiger partial charge is 0.398 e. The lowest BCUT2D eigenvalue weighted by Gasteiger charge is -2.34. The summed E-state index contributed by atoms with van der Waals surface area (Å²) in [6.45, 7) is 6.33. The van der Waals surface area contributed by atoms with Gasteiger partial charge in [0.15, 0.2) is 0 Å². The van der Waals surface area contributed by atoms with E-state index in [0.717, 1.165) is 70.8 Å². The molecule has 2 aromatic carbocycles. The van der Waals surface area contributed by atoms with Crippen molar-refractivity contribution in [3.8, 4) is 11.4 Å². The Bertz CT molecular complexity index is 1170. The van der Waals surface area contributed by atoms with Crippen molar-refractivity contribution in [3.63, 3.8) is 0 Å². The Morgan fingerprint density at radius 3 is 2.68 bits per heavy atom. The van der Waals surface area contributed by atoms with Crippen LogP contribution in [0.2, 0.25) is 0 Å². The molecular weight excluding hydrogens is 348 g/mol. The predicted octanol–water partition coefficient (Wildman–Crippen LogP) is 3.42. The number of piperazine rings is 1. The monoisotopic (exact) mass is 372 g/mol. The van der Waals surface area contributed by atoms with Crippen LogP contribution in [0.4, 0.5) is 11.4 Å². The summed E-state index contributed by atoms with van der Waals surface area (Å²) in [5.41, 5.74) is 13.3. The molecule has 6 nitrogen and oxygen atoms in total. The summed E-state index contributed by atoms with van der Waals surface area (Å²) in [4.78, 5) is 17.6. The highest BCUT2D eigenvalue weighted by Gasteiger charge is 2.17. The van der Waals surface area contributed by atoms with E-state index in [1.165, 1.54) is 5.69 Å². The van der Waals surface area contributed by atoms with Gasteiger partial charge in [-0.15, -0.1) is 0 Å². The van der Waals surface area contributed by atoms with Gasteiger partial charge < -0.3 is 20.5 Å². The van der Waals surface area contributed by atoms with Gasteiger partial charge in [0.05, 0.1) is 27.8 Å². The Kier molecular flexibility index (Phi) is 3.94. The number of aromatic amines is 1. The van der Waals surface area contributed by atoms with Crippen molar-refractivity contribution in [1.29, 1.82) is 0 Å². The van der Waals surface area contributed by atoms with Crippen LogP contribution in [0.5, 0.6) is 0 Å². The van der Waals surface area contributed by atoms with Crippen LogP contribution < -0.4 is 10.6 Å². The molecule has 0 aliphatic carbocycles.